The van der Waals surface area contributed by atoms with Crippen molar-refractivity contribution < 1.29 is 9.53 Å². The zero-order chi connectivity index (χ0) is 14.5. The molecule has 0 spiro atoms. The second-order valence-electron chi connectivity index (χ2n) is 4.78. The molecule has 4 heteroatoms. The molecule has 0 aliphatic carbocycles. The Morgan fingerprint density at radius 3 is 2.65 bits per heavy atom. The van der Waals surface area contributed by atoms with Crippen LogP contribution >= 0.6 is 0 Å². The SMILES string of the molecule is COc1cc(C(C)C)ccc1C(=O)Nc1ccccn1. The lowest BCUT2D eigenvalue weighted by Crippen LogP contribution is -2.14. The first-order chi connectivity index (χ1) is 9.61. The van der Waals surface area contributed by atoms with Crippen LogP contribution < -0.4 is 10.1 Å². The van der Waals surface area contributed by atoms with E-state index in [1.54, 1.807) is 31.5 Å². The standard InChI is InChI=1S/C16H18N2O2/c1-11(2)12-7-8-13(14(10-12)20-3)16(19)18-15-6-4-5-9-17-15/h4-11H,1-3H3,(H,17,18,19). The normalized spacial score (nSPS) is 10.4. The number of aromatic nitrogens is 1. The Labute approximate surface area is 118 Å². The average Bonchev–Trinajstić information content (AvgIpc) is 2.47. The van der Waals surface area contributed by atoms with Gasteiger partial charge in [0.05, 0.1) is 12.7 Å². The van der Waals surface area contributed by atoms with Crippen molar-refractivity contribution in [1.29, 1.82) is 0 Å². The number of nitrogens with zero attached hydrogens (tertiary/aromatic N) is 1. The number of methoxy groups -OCH3 is 1. The van der Waals surface area contributed by atoms with Crippen LogP contribution in [0.4, 0.5) is 5.82 Å². The quantitative estimate of drug-likeness (QED) is 0.925. The van der Waals surface area contributed by atoms with Gasteiger partial charge in [-0.1, -0.05) is 26.0 Å². The predicted molar refractivity (Wildman–Crippen MR) is 79.3 cm³/mol. The molecule has 1 N–H and O–H groups in total. The van der Waals surface area contributed by atoms with E-state index in [9.17, 15) is 4.79 Å². The topological polar surface area (TPSA) is 51.2 Å². The van der Waals surface area contributed by atoms with Crippen molar-refractivity contribution >= 4 is 11.7 Å². The third-order valence-corrected chi connectivity index (χ3v) is 3.04. The van der Waals surface area contributed by atoms with Crippen LogP contribution in [-0.4, -0.2) is 18.0 Å². The molecule has 0 aliphatic rings. The van der Waals surface area contributed by atoms with Crippen LogP contribution in [0.15, 0.2) is 42.6 Å². The van der Waals surface area contributed by atoms with Crippen LogP contribution in [0.2, 0.25) is 0 Å². The lowest BCUT2D eigenvalue weighted by Gasteiger charge is -2.12. The number of anilines is 1. The molecule has 0 unspecified atom stereocenters. The summed E-state index contributed by atoms with van der Waals surface area (Å²) in [5, 5.41) is 2.75. The van der Waals surface area contributed by atoms with Gasteiger partial charge in [-0.3, -0.25) is 4.79 Å². The van der Waals surface area contributed by atoms with Gasteiger partial charge in [-0.25, -0.2) is 4.98 Å². The summed E-state index contributed by atoms with van der Waals surface area (Å²) in [4.78, 5) is 16.3. The molecule has 2 aromatic rings. The highest BCUT2D eigenvalue weighted by atomic mass is 16.5. The van der Waals surface area contributed by atoms with Crippen molar-refractivity contribution in [3.63, 3.8) is 0 Å². The van der Waals surface area contributed by atoms with E-state index in [0.717, 1.165) is 5.56 Å². The maximum atomic E-state index is 12.2. The highest BCUT2D eigenvalue weighted by Crippen LogP contribution is 2.25. The lowest BCUT2D eigenvalue weighted by atomic mass is 10.0. The molecule has 0 fully saturated rings. The zero-order valence-corrected chi connectivity index (χ0v) is 11.9. The van der Waals surface area contributed by atoms with E-state index in [-0.39, 0.29) is 5.91 Å². The van der Waals surface area contributed by atoms with Gasteiger partial charge in [-0.15, -0.1) is 0 Å². The molecule has 0 radical (unpaired) electrons. The van der Waals surface area contributed by atoms with Crippen LogP contribution in [0, 0.1) is 0 Å². The van der Waals surface area contributed by atoms with Gasteiger partial charge in [-0.2, -0.15) is 0 Å². The number of ether oxygens (including phenoxy) is 1. The third-order valence-electron chi connectivity index (χ3n) is 3.04. The van der Waals surface area contributed by atoms with E-state index < -0.39 is 0 Å². The summed E-state index contributed by atoms with van der Waals surface area (Å²) in [5.74, 6) is 1.25. The fourth-order valence-electron chi connectivity index (χ4n) is 1.87. The highest BCUT2D eigenvalue weighted by molar-refractivity contribution is 6.05. The van der Waals surface area contributed by atoms with Gasteiger partial charge < -0.3 is 10.1 Å². The average molecular weight is 270 g/mol. The van der Waals surface area contributed by atoms with Gasteiger partial charge in [0.15, 0.2) is 0 Å². The number of nitrogens with one attached hydrogen (secondary N) is 1. The van der Waals surface area contributed by atoms with Crippen LogP contribution in [0.1, 0.15) is 35.7 Å². The Kier molecular flexibility index (Phi) is 4.35. The first-order valence-electron chi connectivity index (χ1n) is 6.52. The van der Waals surface area contributed by atoms with E-state index >= 15 is 0 Å². The summed E-state index contributed by atoms with van der Waals surface area (Å²) < 4.78 is 5.31. The number of rotatable bonds is 4. The molecular weight excluding hydrogens is 252 g/mol. The van der Waals surface area contributed by atoms with Gasteiger partial charge in [0.25, 0.3) is 5.91 Å². The minimum atomic E-state index is -0.226. The highest BCUT2D eigenvalue weighted by Gasteiger charge is 2.14. The molecule has 4 nitrogen and oxygen atoms in total. The molecule has 1 aromatic carbocycles. The second-order valence-corrected chi connectivity index (χ2v) is 4.78. The fourth-order valence-corrected chi connectivity index (χ4v) is 1.87. The molecule has 1 aromatic heterocycles. The van der Waals surface area contributed by atoms with Crippen molar-refractivity contribution in [2.45, 2.75) is 19.8 Å². The zero-order valence-electron chi connectivity index (χ0n) is 11.9. The molecule has 0 atom stereocenters. The van der Waals surface area contributed by atoms with Gasteiger partial charge >= 0.3 is 0 Å². The fraction of sp³-hybridized carbons (Fsp3) is 0.250. The summed E-state index contributed by atoms with van der Waals surface area (Å²) in [6.45, 7) is 4.20. The maximum Gasteiger partial charge on any atom is 0.260 e. The van der Waals surface area contributed by atoms with E-state index in [0.29, 0.717) is 23.0 Å². The van der Waals surface area contributed by atoms with Crippen LogP contribution in [0.25, 0.3) is 0 Å². The summed E-state index contributed by atoms with van der Waals surface area (Å²) >= 11 is 0. The summed E-state index contributed by atoms with van der Waals surface area (Å²) in [6.07, 6.45) is 1.63. The molecule has 104 valence electrons. The number of benzene rings is 1. The number of carbonyl (C=O) groups excluding carboxylic acids is 1. The van der Waals surface area contributed by atoms with Crippen molar-refractivity contribution in [3.8, 4) is 5.75 Å². The predicted octanol–water partition coefficient (Wildman–Crippen LogP) is 3.47. The number of amides is 1. The van der Waals surface area contributed by atoms with Gasteiger partial charge in [0.1, 0.15) is 11.6 Å². The molecule has 2 rings (SSSR count). The molecule has 0 bridgehead atoms. The van der Waals surface area contributed by atoms with Crippen molar-refractivity contribution in [2.75, 3.05) is 12.4 Å². The monoisotopic (exact) mass is 270 g/mol. The lowest BCUT2D eigenvalue weighted by molar-refractivity contribution is 0.102. The second kappa shape index (κ2) is 6.19. The molecule has 0 saturated carbocycles. The first kappa shape index (κ1) is 14.1. The Hall–Kier alpha value is -2.36. The number of hydrogen-bond donors (Lipinski definition) is 1. The molecule has 20 heavy (non-hydrogen) atoms. The maximum absolute atomic E-state index is 12.2. The summed E-state index contributed by atoms with van der Waals surface area (Å²) in [5.41, 5.74) is 1.64. The number of carbonyl (C=O) groups is 1. The van der Waals surface area contributed by atoms with Gasteiger partial charge in [-0.05, 0) is 35.7 Å². The van der Waals surface area contributed by atoms with Crippen molar-refractivity contribution in [3.05, 3.63) is 53.7 Å². The Bertz CT molecular complexity index is 595. The van der Waals surface area contributed by atoms with Crippen molar-refractivity contribution in [1.82, 2.24) is 4.98 Å². The van der Waals surface area contributed by atoms with Crippen molar-refractivity contribution in [2.24, 2.45) is 0 Å². The first-order valence-corrected chi connectivity index (χ1v) is 6.52. The molecular formula is C16H18N2O2. The van der Waals surface area contributed by atoms with Crippen LogP contribution in [0.3, 0.4) is 0 Å². The van der Waals surface area contributed by atoms with Gasteiger partial charge in [0.2, 0.25) is 0 Å². The molecule has 1 amide bonds. The van der Waals surface area contributed by atoms with E-state index in [2.05, 4.69) is 24.1 Å². The van der Waals surface area contributed by atoms with E-state index in [4.69, 9.17) is 4.74 Å². The summed E-state index contributed by atoms with van der Waals surface area (Å²) in [6, 6.07) is 11.0. The van der Waals surface area contributed by atoms with Crippen LogP contribution in [-0.2, 0) is 0 Å². The number of pyridine rings is 1. The van der Waals surface area contributed by atoms with E-state index in [1.807, 2.05) is 18.2 Å². The third kappa shape index (κ3) is 3.15. The largest absolute Gasteiger partial charge is 0.496 e. The summed E-state index contributed by atoms with van der Waals surface area (Å²) in [7, 11) is 1.57. The van der Waals surface area contributed by atoms with Crippen LogP contribution in [0.5, 0.6) is 5.75 Å². The Balaban J connectivity index is 2.25. The molecule has 0 saturated heterocycles. The van der Waals surface area contributed by atoms with E-state index in [1.165, 1.54) is 0 Å². The Morgan fingerprint density at radius 2 is 2.05 bits per heavy atom. The minimum Gasteiger partial charge on any atom is -0.496 e. The minimum absolute atomic E-state index is 0.226. The smallest absolute Gasteiger partial charge is 0.260 e. The Morgan fingerprint density at radius 1 is 1.25 bits per heavy atom. The molecule has 1 heterocycles. The molecule has 0 aliphatic heterocycles. The van der Waals surface area contributed by atoms with Gasteiger partial charge in [0, 0.05) is 6.20 Å². The number of hydrogen-bond acceptors (Lipinski definition) is 3.